The average Bonchev–Trinajstić information content (AvgIpc) is 2.92. The largest absolute Gasteiger partial charge is 0.389 e. The molecule has 0 aromatic rings. The number of aliphatic hydroxyl groups excluding tert-OH is 1. The normalized spacial score (nSPS) is 50.8. The molecule has 4 fully saturated rings. The summed E-state index contributed by atoms with van der Waals surface area (Å²) in [7, 11) is 0. The van der Waals surface area contributed by atoms with Crippen molar-refractivity contribution in [3.05, 3.63) is 0 Å². The van der Waals surface area contributed by atoms with Crippen LogP contribution < -0.4 is 0 Å². The summed E-state index contributed by atoms with van der Waals surface area (Å²) in [5, 5.41) is 9.33. The number of fused-ring (bicyclic) bond motifs is 5. The zero-order valence-corrected chi connectivity index (χ0v) is 15.7. The second-order valence-corrected chi connectivity index (χ2v) is 9.76. The smallest absolute Gasteiger partial charge is 0.161 e. The highest BCUT2D eigenvalue weighted by molar-refractivity contribution is 5.88. The van der Waals surface area contributed by atoms with Crippen LogP contribution in [0.2, 0.25) is 0 Å². The van der Waals surface area contributed by atoms with E-state index in [2.05, 4.69) is 0 Å². The van der Waals surface area contributed by atoms with Crippen LogP contribution in [0.3, 0.4) is 0 Å². The van der Waals surface area contributed by atoms with Crippen LogP contribution in [0.1, 0.15) is 58.8 Å². The molecule has 26 heavy (non-hydrogen) atoms. The number of hydrogen-bond donors (Lipinski definition) is 1. The molecule has 0 radical (unpaired) electrons. The molecule has 0 bridgehead atoms. The Hall–Kier alpha value is -1.10. The van der Waals surface area contributed by atoms with Crippen molar-refractivity contribution in [1.29, 1.82) is 0 Å². The first-order valence-electron chi connectivity index (χ1n) is 10.0. The maximum Gasteiger partial charge on any atom is 0.161 e. The minimum absolute atomic E-state index is 0.0396. The van der Waals surface area contributed by atoms with Crippen LogP contribution in [0.4, 0.5) is 4.39 Å². The molecule has 4 saturated carbocycles. The van der Waals surface area contributed by atoms with Gasteiger partial charge in [0.15, 0.2) is 5.78 Å². The summed E-state index contributed by atoms with van der Waals surface area (Å²) in [5.74, 6) is -0.610. The van der Waals surface area contributed by atoms with Crippen LogP contribution >= 0.6 is 0 Å². The number of Topliss-reactive ketones (excluding diaryl/α,β-unsaturated/α-hetero) is 3. The minimum Gasteiger partial charge on any atom is -0.389 e. The second-order valence-electron chi connectivity index (χ2n) is 9.76. The maximum atomic E-state index is 15.2. The molecule has 5 heteroatoms. The van der Waals surface area contributed by atoms with Crippen molar-refractivity contribution >= 4 is 17.3 Å². The highest BCUT2D eigenvalue weighted by Crippen LogP contribution is 2.66. The Morgan fingerprint density at radius 2 is 1.92 bits per heavy atom. The van der Waals surface area contributed by atoms with E-state index in [0.29, 0.717) is 32.1 Å². The van der Waals surface area contributed by atoms with Gasteiger partial charge in [0.1, 0.15) is 24.3 Å². The third kappa shape index (κ3) is 2.31. The van der Waals surface area contributed by atoms with Crippen LogP contribution in [-0.2, 0) is 14.4 Å². The molecule has 144 valence electrons. The first-order chi connectivity index (χ1) is 12.2. The van der Waals surface area contributed by atoms with E-state index in [-0.39, 0.29) is 53.4 Å². The number of carbonyl (C=O) groups is 3. The molecule has 4 aliphatic carbocycles. The Morgan fingerprint density at radius 1 is 1.19 bits per heavy atom. The van der Waals surface area contributed by atoms with Crippen LogP contribution in [0, 0.1) is 40.4 Å². The van der Waals surface area contributed by atoms with Crippen molar-refractivity contribution < 1.29 is 23.9 Å². The summed E-state index contributed by atoms with van der Waals surface area (Å²) < 4.78 is 15.2. The van der Waals surface area contributed by atoms with Crippen LogP contribution in [0.5, 0.6) is 0 Å². The number of aliphatic hydroxyl groups is 1. The fourth-order valence-electron chi connectivity index (χ4n) is 7.50. The summed E-state index contributed by atoms with van der Waals surface area (Å²) in [6.07, 6.45) is 2.47. The molecular weight excluding hydrogens is 335 g/mol. The third-order valence-corrected chi connectivity index (χ3v) is 8.68. The van der Waals surface area contributed by atoms with Crippen molar-refractivity contribution in [3.63, 3.8) is 0 Å². The molecule has 0 aromatic heterocycles. The van der Waals surface area contributed by atoms with Crippen molar-refractivity contribution in [2.24, 2.45) is 40.4 Å². The standard InChI is InChI=1S/C21H29FO4/c1-20-6-5-11(24)7-15(20)16(22)8-12-13-3-4-14(18(26)10-23)21(13,2)9-17(25)19(12)20/h12-16,19,23H,3-10H2,1-2H3/t12-,13-,14+,15-,16-,19+,20-,21-/m0/s1. The number of rotatable bonds is 2. The molecule has 8 atom stereocenters. The Labute approximate surface area is 153 Å². The number of carbonyl (C=O) groups excluding carboxylic acids is 3. The maximum absolute atomic E-state index is 15.2. The molecular formula is C21H29FO4. The van der Waals surface area contributed by atoms with Gasteiger partial charge in [-0.05, 0) is 48.3 Å². The molecule has 0 saturated heterocycles. The molecule has 4 aliphatic rings. The zero-order chi connectivity index (χ0) is 18.9. The molecule has 1 N–H and O–H groups in total. The fraction of sp³-hybridized carbons (Fsp3) is 0.857. The number of hydrogen-bond acceptors (Lipinski definition) is 4. The second kappa shape index (κ2) is 5.95. The lowest BCUT2D eigenvalue weighted by Gasteiger charge is -2.59. The quantitative estimate of drug-likeness (QED) is 0.818. The minimum atomic E-state index is -1.05. The van der Waals surface area contributed by atoms with E-state index in [0.717, 1.165) is 6.42 Å². The lowest BCUT2D eigenvalue weighted by molar-refractivity contribution is -0.170. The predicted octanol–water partition coefficient (Wildman–Crippen LogP) is 2.90. The van der Waals surface area contributed by atoms with Crippen LogP contribution in [0.15, 0.2) is 0 Å². The van der Waals surface area contributed by atoms with Gasteiger partial charge < -0.3 is 5.11 Å². The van der Waals surface area contributed by atoms with Crippen molar-refractivity contribution in [2.45, 2.75) is 65.0 Å². The van der Waals surface area contributed by atoms with E-state index in [1.807, 2.05) is 13.8 Å². The highest BCUT2D eigenvalue weighted by Gasteiger charge is 2.65. The summed E-state index contributed by atoms with van der Waals surface area (Å²) in [6, 6.07) is 0. The van der Waals surface area contributed by atoms with E-state index < -0.39 is 23.6 Å². The third-order valence-electron chi connectivity index (χ3n) is 8.68. The SMILES string of the molecule is C[C@]12CCC(=O)C[C@H]1[C@@H](F)C[C@H]1[C@@H]3CC[C@H](C(=O)CO)[C@@]3(C)CC(=O)[C@@H]12. The van der Waals surface area contributed by atoms with E-state index in [4.69, 9.17) is 0 Å². The van der Waals surface area contributed by atoms with Crippen molar-refractivity contribution in [3.8, 4) is 0 Å². The summed E-state index contributed by atoms with van der Waals surface area (Å²) in [5.41, 5.74) is -0.890. The molecule has 4 nitrogen and oxygen atoms in total. The van der Waals surface area contributed by atoms with Crippen LogP contribution in [0.25, 0.3) is 0 Å². The van der Waals surface area contributed by atoms with E-state index >= 15 is 4.39 Å². The van der Waals surface area contributed by atoms with Gasteiger partial charge in [-0.25, -0.2) is 4.39 Å². The van der Waals surface area contributed by atoms with Crippen molar-refractivity contribution in [2.75, 3.05) is 6.61 Å². The summed E-state index contributed by atoms with van der Waals surface area (Å²) >= 11 is 0. The van der Waals surface area contributed by atoms with E-state index in [9.17, 15) is 19.5 Å². The Balaban J connectivity index is 1.71. The Morgan fingerprint density at radius 3 is 2.62 bits per heavy atom. The summed E-state index contributed by atoms with van der Waals surface area (Å²) in [6.45, 7) is 3.55. The van der Waals surface area contributed by atoms with Gasteiger partial charge in [0, 0.05) is 37.0 Å². The molecule has 0 aliphatic heterocycles. The van der Waals surface area contributed by atoms with Gasteiger partial charge in [0.05, 0.1) is 0 Å². The fourth-order valence-corrected chi connectivity index (χ4v) is 7.50. The van der Waals surface area contributed by atoms with Crippen LogP contribution in [-0.4, -0.2) is 35.2 Å². The summed E-state index contributed by atoms with van der Waals surface area (Å²) in [4.78, 5) is 37.5. The first kappa shape index (κ1) is 18.3. The number of alkyl halides is 1. The average molecular weight is 364 g/mol. The molecule has 0 spiro atoms. The lowest BCUT2D eigenvalue weighted by Crippen LogP contribution is -2.60. The number of ketones is 3. The van der Waals surface area contributed by atoms with Crippen molar-refractivity contribution in [1.82, 2.24) is 0 Å². The van der Waals surface area contributed by atoms with E-state index in [1.165, 1.54) is 0 Å². The number of halogens is 1. The van der Waals surface area contributed by atoms with Gasteiger partial charge in [-0.1, -0.05) is 13.8 Å². The molecule has 0 aromatic carbocycles. The predicted molar refractivity (Wildman–Crippen MR) is 93.0 cm³/mol. The van der Waals surface area contributed by atoms with Gasteiger partial charge in [0.25, 0.3) is 0 Å². The molecule has 0 amide bonds. The topological polar surface area (TPSA) is 71.4 Å². The Bertz CT molecular complexity index is 660. The zero-order valence-electron chi connectivity index (χ0n) is 15.7. The first-order valence-corrected chi connectivity index (χ1v) is 10.0. The highest BCUT2D eigenvalue weighted by atomic mass is 19.1. The van der Waals surface area contributed by atoms with Gasteiger partial charge >= 0.3 is 0 Å². The van der Waals surface area contributed by atoms with Gasteiger partial charge in [-0.15, -0.1) is 0 Å². The van der Waals surface area contributed by atoms with E-state index in [1.54, 1.807) is 0 Å². The monoisotopic (exact) mass is 364 g/mol. The Kier molecular flexibility index (Phi) is 4.18. The van der Waals surface area contributed by atoms with Gasteiger partial charge in [0.2, 0.25) is 0 Å². The molecule has 0 unspecified atom stereocenters. The molecule has 4 rings (SSSR count). The molecule has 0 heterocycles. The van der Waals surface area contributed by atoms with Gasteiger partial charge in [-0.2, -0.15) is 0 Å². The van der Waals surface area contributed by atoms with Gasteiger partial charge in [-0.3, -0.25) is 14.4 Å². The lowest BCUT2D eigenvalue weighted by atomic mass is 9.44.